The number of hydrogen-bond acceptors (Lipinski definition) is 4. The van der Waals surface area contributed by atoms with Crippen molar-refractivity contribution >= 4 is 0 Å². The second-order valence-electron chi connectivity index (χ2n) is 5.97. The predicted octanol–water partition coefficient (Wildman–Crippen LogP) is 1.81. The van der Waals surface area contributed by atoms with Crippen molar-refractivity contribution in [2.75, 3.05) is 46.4 Å². The third-order valence-electron chi connectivity index (χ3n) is 4.17. The molecule has 2 aliphatic rings. The topological polar surface area (TPSA) is 33.7 Å². The molecule has 4 nitrogen and oxygen atoms in total. The number of nitrogens with zero attached hydrogens (tertiary/aromatic N) is 1. The Bertz CT molecular complexity index is 307. The monoisotopic (exact) mass is 282 g/mol. The van der Waals surface area contributed by atoms with E-state index in [1.807, 2.05) is 0 Å². The van der Waals surface area contributed by atoms with Crippen molar-refractivity contribution in [1.82, 2.24) is 10.2 Å². The molecule has 20 heavy (non-hydrogen) atoms. The van der Waals surface area contributed by atoms with Gasteiger partial charge in [0.25, 0.3) is 0 Å². The largest absolute Gasteiger partial charge is 0.380 e. The van der Waals surface area contributed by atoms with Gasteiger partial charge in [-0.1, -0.05) is 13.0 Å². The summed E-state index contributed by atoms with van der Waals surface area (Å²) in [7, 11) is 1.77. The minimum Gasteiger partial charge on any atom is -0.380 e. The van der Waals surface area contributed by atoms with Crippen LogP contribution in [0.5, 0.6) is 0 Å². The summed E-state index contributed by atoms with van der Waals surface area (Å²) in [4.78, 5) is 2.51. The lowest BCUT2D eigenvalue weighted by Crippen LogP contribution is -2.37. The van der Waals surface area contributed by atoms with Crippen LogP contribution in [0.25, 0.3) is 0 Å². The number of nitrogens with one attached hydrogen (secondary N) is 1. The lowest BCUT2D eigenvalue weighted by Gasteiger charge is -2.28. The zero-order valence-electron chi connectivity index (χ0n) is 13.1. The minimum atomic E-state index is 0.427. The first kappa shape index (κ1) is 16.0. The number of methoxy groups -OCH3 is 1. The average molecular weight is 282 g/mol. The van der Waals surface area contributed by atoms with Gasteiger partial charge in [0, 0.05) is 33.3 Å². The van der Waals surface area contributed by atoms with Gasteiger partial charge >= 0.3 is 0 Å². The molecule has 0 spiro atoms. The van der Waals surface area contributed by atoms with Crippen molar-refractivity contribution in [1.29, 1.82) is 0 Å². The molecule has 0 bridgehead atoms. The summed E-state index contributed by atoms with van der Waals surface area (Å²) in [5.74, 6) is 0. The Hall–Kier alpha value is -0.420. The van der Waals surface area contributed by atoms with Gasteiger partial charge in [0.15, 0.2) is 0 Å². The highest BCUT2D eigenvalue weighted by atomic mass is 16.5. The van der Waals surface area contributed by atoms with Crippen LogP contribution in [-0.2, 0) is 9.47 Å². The van der Waals surface area contributed by atoms with E-state index in [2.05, 4.69) is 23.2 Å². The molecule has 2 heterocycles. The van der Waals surface area contributed by atoms with Crippen LogP contribution in [0.4, 0.5) is 0 Å². The summed E-state index contributed by atoms with van der Waals surface area (Å²) in [6.45, 7) is 8.39. The summed E-state index contributed by atoms with van der Waals surface area (Å²) in [5, 5.41) is 3.46. The molecular weight excluding hydrogens is 252 g/mol. The van der Waals surface area contributed by atoms with Gasteiger partial charge in [-0.05, 0) is 37.8 Å². The maximum atomic E-state index is 6.14. The Morgan fingerprint density at radius 3 is 2.95 bits per heavy atom. The van der Waals surface area contributed by atoms with Crippen molar-refractivity contribution in [2.24, 2.45) is 0 Å². The summed E-state index contributed by atoms with van der Waals surface area (Å²) < 4.78 is 11.3. The smallest absolute Gasteiger partial charge is 0.0707 e. The first-order chi connectivity index (χ1) is 9.81. The van der Waals surface area contributed by atoms with E-state index in [-0.39, 0.29) is 0 Å². The van der Waals surface area contributed by atoms with E-state index >= 15 is 0 Å². The molecular formula is C16H30N2O2. The van der Waals surface area contributed by atoms with Gasteiger partial charge in [-0.15, -0.1) is 0 Å². The summed E-state index contributed by atoms with van der Waals surface area (Å²) in [6.07, 6.45) is 7.94. The fraction of sp³-hybridized carbons (Fsp3) is 0.875. The van der Waals surface area contributed by atoms with Crippen molar-refractivity contribution in [3.05, 3.63) is 11.6 Å². The lowest BCUT2D eigenvalue weighted by atomic mass is 10.1. The molecule has 1 fully saturated rings. The first-order valence-corrected chi connectivity index (χ1v) is 8.07. The molecule has 2 atom stereocenters. The maximum Gasteiger partial charge on any atom is 0.0707 e. The quantitative estimate of drug-likeness (QED) is 0.544. The van der Waals surface area contributed by atoms with E-state index in [0.29, 0.717) is 12.2 Å². The first-order valence-electron chi connectivity index (χ1n) is 8.07. The van der Waals surface area contributed by atoms with Crippen LogP contribution in [0.2, 0.25) is 0 Å². The number of ether oxygens (including phenoxy) is 2. The van der Waals surface area contributed by atoms with Crippen molar-refractivity contribution in [3.63, 3.8) is 0 Å². The fourth-order valence-corrected chi connectivity index (χ4v) is 3.03. The Balaban J connectivity index is 1.63. The maximum absolute atomic E-state index is 6.14. The van der Waals surface area contributed by atoms with Gasteiger partial charge in [-0.25, -0.2) is 0 Å². The average Bonchev–Trinajstić information content (AvgIpc) is 2.89. The van der Waals surface area contributed by atoms with Crippen molar-refractivity contribution < 1.29 is 9.47 Å². The van der Waals surface area contributed by atoms with Gasteiger partial charge < -0.3 is 14.8 Å². The van der Waals surface area contributed by atoms with Gasteiger partial charge in [-0.3, -0.25) is 4.90 Å². The highest BCUT2D eigenvalue weighted by Gasteiger charge is 2.26. The fourth-order valence-electron chi connectivity index (χ4n) is 3.03. The molecule has 1 saturated heterocycles. The summed E-state index contributed by atoms with van der Waals surface area (Å²) in [6, 6.07) is 0. The molecule has 1 N–H and O–H groups in total. The second kappa shape index (κ2) is 8.78. The molecule has 0 aliphatic carbocycles. The molecule has 2 rings (SSSR count). The van der Waals surface area contributed by atoms with Gasteiger partial charge in [0.2, 0.25) is 0 Å². The molecule has 4 heteroatoms. The molecule has 0 amide bonds. The summed E-state index contributed by atoms with van der Waals surface area (Å²) in [5.41, 5.74) is 1.44. The van der Waals surface area contributed by atoms with Crippen molar-refractivity contribution in [3.8, 4) is 0 Å². The highest BCUT2D eigenvalue weighted by Crippen LogP contribution is 2.21. The Morgan fingerprint density at radius 2 is 2.25 bits per heavy atom. The van der Waals surface area contributed by atoms with Crippen LogP contribution in [0.3, 0.4) is 0 Å². The molecule has 2 aliphatic heterocycles. The van der Waals surface area contributed by atoms with Crippen LogP contribution < -0.4 is 5.32 Å². The Labute approximate surface area is 123 Å². The van der Waals surface area contributed by atoms with Crippen LogP contribution >= 0.6 is 0 Å². The number of rotatable bonds is 8. The van der Waals surface area contributed by atoms with E-state index < -0.39 is 0 Å². The lowest BCUT2D eigenvalue weighted by molar-refractivity contribution is 0.0246. The Kier molecular flexibility index (Phi) is 7.00. The normalized spacial score (nSPS) is 27.8. The third kappa shape index (κ3) is 5.17. The highest BCUT2D eigenvalue weighted by molar-refractivity contribution is 5.07. The zero-order chi connectivity index (χ0) is 14.2. The molecule has 0 radical (unpaired) electrons. The van der Waals surface area contributed by atoms with E-state index in [4.69, 9.17) is 9.47 Å². The van der Waals surface area contributed by atoms with Gasteiger partial charge in [0.05, 0.1) is 18.8 Å². The second-order valence-corrected chi connectivity index (χ2v) is 5.97. The molecule has 0 aromatic heterocycles. The van der Waals surface area contributed by atoms with E-state index in [0.717, 1.165) is 45.8 Å². The molecule has 116 valence electrons. The standard InChI is InChI=1S/C16H30N2O2/c1-3-8-17-11-15-4-5-16(20-15)12-18-9-6-14(7-10-18)13-19-2/h6,15-17H,3-5,7-13H2,1-2H3. The third-order valence-corrected chi connectivity index (χ3v) is 4.17. The van der Waals surface area contributed by atoms with E-state index in [1.54, 1.807) is 7.11 Å². The predicted molar refractivity (Wildman–Crippen MR) is 82.1 cm³/mol. The minimum absolute atomic E-state index is 0.427. The number of hydrogen-bond donors (Lipinski definition) is 1. The Morgan fingerprint density at radius 1 is 1.40 bits per heavy atom. The van der Waals surface area contributed by atoms with E-state index in [9.17, 15) is 0 Å². The van der Waals surface area contributed by atoms with Crippen LogP contribution in [0, 0.1) is 0 Å². The van der Waals surface area contributed by atoms with Crippen LogP contribution in [0.1, 0.15) is 32.6 Å². The van der Waals surface area contributed by atoms with E-state index in [1.165, 1.54) is 24.8 Å². The molecule has 0 saturated carbocycles. The SMILES string of the molecule is CCCNCC1CCC(CN2CC=C(COC)CC2)O1. The molecule has 0 aromatic carbocycles. The van der Waals surface area contributed by atoms with Crippen LogP contribution in [-0.4, -0.2) is 63.5 Å². The van der Waals surface area contributed by atoms with Gasteiger partial charge in [-0.2, -0.15) is 0 Å². The van der Waals surface area contributed by atoms with Crippen molar-refractivity contribution in [2.45, 2.75) is 44.8 Å². The van der Waals surface area contributed by atoms with Crippen LogP contribution in [0.15, 0.2) is 11.6 Å². The zero-order valence-corrected chi connectivity index (χ0v) is 13.1. The van der Waals surface area contributed by atoms with Gasteiger partial charge in [0.1, 0.15) is 0 Å². The molecule has 0 aromatic rings. The summed E-state index contributed by atoms with van der Waals surface area (Å²) >= 11 is 0. The molecule has 2 unspecified atom stereocenters.